The molecule has 2 heterocycles. The van der Waals surface area contributed by atoms with E-state index in [-0.39, 0.29) is 5.91 Å². The van der Waals surface area contributed by atoms with Crippen LogP contribution in [-0.4, -0.2) is 22.2 Å². The van der Waals surface area contributed by atoms with Gasteiger partial charge in [0.25, 0.3) is 0 Å². The molecule has 2 aromatic rings. The van der Waals surface area contributed by atoms with E-state index < -0.39 is 0 Å². The van der Waals surface area contributed by atoms with Crippen molar-refractivity contribution in [3.8, 4) is 0 Å². The predicted octanol–water partition coefficient (Wildman–Crippen LogP) is 3.78. The summed E-state index contributed by atoms with van der Waals surface area (Å²) >= 11 is 0. The minimum atomic E-state index is 0.0284. The first-order valence-corrected chi connectivity index (χ1v) is 8.63. The first-order valence-electron chi connectivity index (χ1n) is 8.63. The fourth-order valence-electron chi connectivity index (χ4n) is 3.71. The molecule has 0 spiro atoms. The van der Waals surface area contributed by atoms with Gasteiger partial charge in [-0.15, -0.1) is 0 Å². The van der Waals surface area contributed by atoms with Gasteiger partial charge in [0.2, 0.25) is 5.91 Å². The molecule has 128 valence electrons. The topological polar surface area (TPSA) is 50.2 Å². The molecule has 0 saturated heterocycles. The lowest BCUT2D eigenvalue weighted by atomic mass is 10.0. The lowest BCUT2D eigenvalue weighted by molar-refractivity contribution is -0.115. The Balaban J connectivity index is 2.08. The summed E-state index contributed by atoms with van der Waals surface area (Å²) < 4.78 is 1.80. The smallest absolute Gasteiger partial charge is 0.225 e. The summed E-state index contributed by atoms with van der Waals surface area (Å²) in [7, 11) is 1.90. The van der Waals surface area contributed by atoms with Gasteiger partial charge < -0.3 is 10.2 Å². The Hall–Kier alpha value is -2.30. The second-order valence-electron chi connectivity index (χ2n) is 6.68. The Bertz CT molecular complexity index is 768. The summed E-state index contributed by atoms with van der Waals surface area (Å²) in [5, 5.41) is 7.74. The largest absolute Gasteiger partial charge is 0.324 e. The molecule has 0 atom stereocenters. The number of hydrogen-bond donors (Lipinski definition) is 1. The summed E-state index contributed by atoms with van der Waals surface area (Å²) in [6.07, 6.45) is 2.48. The molecule has 0 aliphatic carbocycles. The van der Waals surface area contributed by atoms with Gasteiger partial charge in [0.05, 0.1) is 0 Å². The van der Waals surface area contributed by atoms with E-state index in [9.17, 15) is 4.79 Å². The summed E-state index contributed by atoms with van der Waals surface area (Å²) in [4.78, 5) is 14.2. The number of benzene rings is 1. The first-order chi connectivity index (χ1) is 11.4. The van der Waals surface area contributed by atoms with Crippen LogP contribution in [0.3, 0.4) is 0 Å². The number of anilines is 3. The van der Waals surface area contributed by atoms with E-state index in [4.69, 9.17) is 5.10 Å². The number of fused-ring (bicyclic) bond motifs is 1. The zero-order valence-electron chi connectivity index (χ0n) is 15.2. The molecule has 1 aliphatic heterocycles. The Kier molecular flexibility index (Phi) is 4.35. The molecular formula is C19H26N4O. The number of aromatic nitrogens is 2. The van der Waals surface area contributed by atoms with Crippen LogP contribution in [0.25, 0.3) is 0 Å². The number of rotatable bonds is 3. The van der Waals surface area contributed by atoms with Crippen molar-refractivity contribution in [3.63, 3.8) is 0 Å². The summed E-state index contributed by atoms with van der Waals surface area (Å²) in [5.41, 5.74) is 6.20. The number of aryl methyl sites for hydroxylation is 4. The second-order valence-corrected chi connectivity index (χ2v) is 6.68. The third-order valence-electron chi connectivity index (χ3n) is 4.67. The van der Waals surface area contributed by atoms with Crippen molar-refractivity contribution < 1.29 is 4.79 Å². The van der Waals surface area contributed by atoms with Gasteiger partial charge in [0.1, 0.15) is 5.82 Å². The minimum absolute atomic E-state index is 0.0284. The molecule has 1 aliphatic rings. The molecular weight excluding hydrogens is 300 g/mol. The molecule has 0 radical (unpaired) electrons. The highest BCUT2D eigenvalue weighted by Crippen LogP contribution is 2.39. The van der Waals surface area contributed by atoms with E-state index >= 15 is 0 Å². The molecule has 0 unspecified atom stereocenters. The first kappa shape index (κ1) is 16.6. The van der Waals surface area contributed by atoms with E-state index in [0.717, 1.165) is 36.6 Å². The number of nitrogens with one attached hydrogen (secondary N) is 1. The van der Waals surface area contributed by atoms with Crippen LogP contribution in [0.5, 0.6) is 0 Å². The molecule has 1 N–H and O–H groups in total. The van der Waals surface area contributed by atoms with Gasteiger partial charge >= 0.3 is 0 Å². The summed E-state index contributed by atoms with van der Waals surface area (Å²) in [5.74, 6) is 1.84. The third-order valence-corrected chi connectivity index (χ3v) is 4.67. The van der Waals surface area contributed by atoms with E-state index in [1.165, 1.54) is 22.4 Å². The van der Waals surface area contributed by atoms with Crippen molar-refractivity contribution in [1.29, 1.82) is 0 Å². The van der Waals surface area contributed by atoms with Crippen LogP contribution in [-0.2, 0) is 18.3 Å². The summed E-state index contributed by atoms with van der Waals surface area (Å²) in [6.45, 7) is 9.27. The molecule has 1 aromatic heterocycles. The van der Waals surface area contributed by atoms with Gasteiger partial charge in [-0.2, -0.15) is 5.10 Å². The van der Waals surface area contributed by atoms with Gasteiger partial charge in [-0.1, -0.05) is 24.6 Å². The average molecular weight is 326 g/mol. The number of hydrogen-bond acceptors (Lipinski definition) is 3. The Labute approximate surface area is 143 Å². The third kappa shape index (κ3) is 2.79. The van der Waals surface area contributed by atoms with Gasteiger partial charge in [-0.3, -0.25) is 9.48 Å². The van der Waals surface area contributed by atoms with Crippen molar-refractivity contribution in [2.45, 2.75) is 47.0 Å². The van der Waals surface area contributed by atoms with Crippen molar-refractivity contribution >= 4 is 23.2 Å². The maximum absolute atomic E-state index is 11.8. The highest BCUT2D eigenvalue weighted by Gasteiger charge is 2.28. The number of nitrogens with zero attached hydrogens (tertiary/aromatic N) is 3. The van der Waals surface area contributed by atoms with Crippen molar-refractivity contribution in [2.24, 2.45) is 7.05 Å². The molecule has 0 fully saturated rings. The maximum atomic E-state index is 11.8. The average Bonchev–Trinajstić information content (AvgIpc) is 2.83. The van der Waals surface area contributed by atoms with E-state index in [2.05, 4.69) is 43.1 Å². The lowest BCUT2D eigenvalue weighted by Crippen LogP contribution is -2.26. The molecule has 24 heavy (non-hydrogen) atoms. The van der Waals surface area contributed by atoms with Crippen molar-refractivity contribution in [3.05, 3.63) is 34.4 Å². The molecule has 0 bridgehead atoms. The molecule has 1 aromatic carbocycles. The fourth-order valence-corrected chi connectivity index (χ4v) is 3.71. The Morgan fingerprint density at radius 1 is 1.25 bits per heavy atom. The van der Waals surface area contributed by atoms with Gasteiger partial charge in [0, 0.05) is 31.3 Å². The SMILES string of the molecule is CCC(=O)Nc1c2c(nn1C)N(c1c(C)cc(C)cc1C)CCC2. The molecule has 0 saturated carbocycles. The van der Waals surface area contributed by atoms with Crippen LogP contribution in [0, 0.1) is 20.8 Å². The molecule has 1 amide bonds. The zero-order chi connectivity index (χ0) is 17.4. The standard InChI is InChI=1S/C19H26N4O/c1-6-16(24)20-18-15-8-7-9-23(19(15)21-22(18)5)17-13(3)10-12(2)11-14(17)4/h10-11H,6-9H2,1-5H3,(H,20,24). The quantitative estimate of drug-likeness (QED) is 0.934. The van der Waals surface area contributed by atoms with E-state index in [1.54, 1.807) is 4.68 Å². The normalized spacial score (nSPS) is 13.8. The van der Waals surface area contributed by atoms with Crippen LogP contribution in [0.1, 0.15) is 42.0 Å². The van der Waals surface area contributed by atoms with Crippen LogP contribution in [0.15, 0.2) is 12.1 Å². The van der Waals surface area contributed by atoms with E-state index in [0.29, 0.717) is 6.42 Å². The minimum Gasteiger partial charge on any atom is -0.324 e. The monoisotopic (exact) mass is 326 g/mol. The highest BCUT2D eigenvalue weighted by atomic mass is 16.1. The highest BCUT2D eigenvalue weighted by molar-refractivity contribution is 5.91. The van der Waals surface area contributed by atoms with Crippen LogP contribution >= 0.6 is 0 Å². The van der Waals surface area contributed by atoms with Gasteiger partial charge in [0.15, 0.2) is 5.82 Å². The van der Waals surface area contributed by atoms with Crippen LogP contribution in [0.2, 0.25) is 0 Å². The Morgan fingerprint density at radius 2 is 1.92 bits per heavy atom. The van der Waals surface area contributed by atoms with E-state index in [1.807, 2.05) is 14.0 Å². The maximum Gasteiger partial charge on any atom is 0.225 e. The number of carbonyl (C=O) groups is 1. The van der Waals surface area contributed by atoms with Crippen LogP contribution in [0.4, 0.5) is 17.3 Å². The van der Waals surface area contributed by atoms with Crippen LogP contribution < -0.4 is 10.2 Å². The van der Waals surface area contributed by atoms with Gasteiger partial charge in [-0.05, 0) is 44.7 Å². The number of carbonyl (C=O) groups excluding carboxylic acids is 1. The lowest BCUT2D eigenvalue weighted by Gasteiger charge is -2.30. The predicted molar refractivity (Wildman–Crippen MR) is 98.1 cm³/mol. The molecule has 3 rings (SSSR count). The van der Waals surface area contributed by atoms with Gasteiger partial charge in [-0.25, -0.2) is 0 Å². The molecule has 5 heteroatoms. The van der Waals surface area contributed by atoms with Crippen molar-refractivity contribution in [2.75, 3.05) is 16.8 Å². The molecule has 5 nitrogen and oxygen atoms in total. The fraction of sp³-hybridized carbons (Fsp3) is 0.474. The van der Waals surface area contributed by atoms with Crippen molar-refractivity contribution in [1.82, 2.24) is 9.78 Å². The Morgan fingerprint density at radius 3 is 2.54 bits per heavy atom. The summed E-state index contributed by atoms with van der Waals surface area (Å²) in [6, 6.07) is 4.44. The second kappa shape index (κ2) is 6.30. The zero-order valence-corrected chi connectivity index (χ0v) is 15.2. The number of amides is 1.